The largest absolute Gasteiger partial charge is 0.455 e. The highest BCUT2D eigenvalue weighted by atomic mass is 32.1. The van der Waals surface area contributed by atoms with Crippen LogP contribution < -0.4 is 4.90 Å². The number of rotatable bonds is 7. The van der Waals surface area contributed by atoms with Crippen LogP contribution in [0.2, 0.25) is 0 Å². The Labute approximate surface area is 412 Å². The van der Waals surface area contributed by atoms with Gasteiger partial charge in [0.25, 0.3) is 0 Å². The number of nitrogens with zero attached hydrogens (tertiary/aromatic N) is 2. The van der Waals surface area contributed by atoms with Crippen molar-refractivity contribution in [3.63, 3.8) is 0 Å². The molecule has 0 amide bonds. The Morgan fingerprint density at radius 2 is 0.845 bits per heavy atom. The lowest BCUT2D eigenvalue weighted by Crippen LogP contribution is -2.10. The third-order valence-electron chi connectivity index (χ3n) is 14.4. The molecule has 0 fully saturated rings. The van der Waals surface area contributed by atoms with Crippen LogP contribution in [0, 0.1) is 0 Å². The predicted molar refractivity (Wildman–Crippen MR) is 299 cm³/mol. The van der Waals surface area contributed by atoms with Crippen LogP contribution in [0.1, 0.15) is 0 Å². The Morgan fingerprint density at radius 3 is 1.59 bits per heavy atom. The van der Waals surface area contributed by atoms with Crippen molar-refractivity contribution in [2.24, 2.45) is 0 Å². The molecule has 0 saturated carbocycles. The summed E-state index contributed by atoms with van der Waals surface area (Å²) in [6, 6.07) is 87.3. The second kappa shape index (κ2) is 15.7. The molecule has 15 rings (SSSR count). The lowest BCUT2D eigenvalue weighted by Gasteiger charge is -2.27. The van der Waals surface area contributed by atoms with E-state index in [0.29, 0.717) is 0 Å². The lowest BCUT2D eigenvalue weighted by molar-refractivity contribution is 0.669. The van der Waals surface area contributed by atoms with Crippen LogP contribution in [0.15, 0.2) is 251 Å². The minimum Gasteiger partial charge on any atom is -0.455 e. The summed E-state index contributed by atoms with van der Waals surface area (Å²) >= 11 is 1.85. The second-order valence-electron chi connectivity index (χ2n) is 18.3. The van der Waals surface area contributed by atoms with E-state index >= 15 is 0 Å². The van der Waals surface area contributed by atoms with Crippen molar-refractivity contribution in [3.8, 4) is 39.1 Å². The first kappa shape index (κ1) is 39.8. The molecule has 0 bridgehead atoms. The van der Waals surface area contributed by atoms with Crippen LogP contribution in [0.3, 0.4) is 0 Å². The van der Waals surface area contributed by atoms with Crippen LogP contribution in [0.4, 0.5) is 17.1 Å². The van der Waals surface area contributed by atoms with Gasteiger partial charge in [-0.25, -0.2) is 0 Å². The van der Waals surface area contributed by atoms with Gasteiger partial charge < -0.3 is 18.3 Å². The zero-order valence-corrected chi connectivity index (χ0v) is 39.0. The highest BCUT2D eigenvalue weighted by molar-refractivity contribution is 7.25. The van der Waals surface area contributed by atoms with Gasteiger partial charge in [-0.15, -0.1) is 11.3 Å². The van der Waals surface area contributed by atoms with Crippen LogP contribution in [0.25, 0.3) is 125 Å². The third-order valence-corrected chi connectivity index (χ3v) is 15.6. The molecule has 4 aromatic heterocycles. The zero-order valence-electron chi connectivity index (χ0n) is 38.2. The molecule has 0 saturated heterocycles. The molecule has 4 nitrogen and oxygen atoms in total. The maximum Gasteiger partial charge on any atom is 0.145 e. The summed E-state index contributed by atoms with van der Waals surface area (Å²) in [6.07, 6.45) is 0. The van der Waals surface area contributed by atoms with Crippen molar-refractivity contribution in [2.75, 3.05) is 4.90 Å². The molecule has 0 atom stereocenters. The maximum atomic E-state index is 7.09. The molecule has 0 spiro atoms. The smallest absolute Gasteiger partial charge is 0.145 e. The van der Waals surface area contributed by atoms with Gasteiger partial charge >= 0.3 is 0 Å². The molecule has 332 valence electrons. The van der Waals surface area contributed by atoms with Gasteiger partial charge in [0, 0.05) is 75.2 Å². The van der Waals surface area contributed by atoms with Gasteiger partial charge in [-0.3, -0.25) is 0 Å². The Kier molecular flexibility index (Phi) is 8.79. The van der Waals surface area contributed by atoms with E-state index in [2.05, 4.69) is 240 Å². The van der Waals surface area contributed by atoms with E-state index in [-0.39, 0.29) is 0 Å². The standard InChI is InChI=1S/C66H40N2O2S/c1-7-24-55-47(15-1)48-16-2-8-25-56(48)68(55)57-26-9-3-17-49(57)52-39-40-58(64-53-19-5-11-28-60(53)70-66(52)64)67(43-35-31-41(32-36-43)45-21-14-30-62-63(45)54-20-6-12-29-61(54)71-62)44-37-33-42(34-38-44)46-22-13-23-51-50-18-4-10-27-59(50)69-65(46)51/h1-40H. The summed E-state index contributed by atoms with van der Waals surface area (Å²) in [5.41, 5.74) is 16.6. The Bertz CT molecular complexity index is 4540. The molecule has 0 radical (unpaired) electrons. The Balaban J connectivity index is 0.938. The molecular formula is C66H40N2O2S. The molecule has 0 aliphatic heterocycles. The van der Waals surface area contributed by atoms with Crippen LogP contribution in [-0.4, -0.2) is 4.57 Å². The van der Waals surface area contributed by atoms with Gasteiger partial charge in [0.05, 0.1) is 27.8 Å². The molecule has 71 heavy (non-hydrogen) atoms. The summed E-state index contributed by atoms with van der Waals surface area (Å²) in [5, 5.41) is 9.39. The van der Waals surface area contributed by atoms with E-state index in [1.165, 1.54) is 42.1 Å². The van der Waals surface area contributed by atoms with Gasteiger partial charge in [-0.1, -0.05) is 164 Å². The summed E-state index contributed by atoms with van der Waals surface area (Å²) < 4.78 is 18.6. The van der Waals surface area contributed by atoms with E-state index in [9.17, 15) is 0 Å². The first-order valence-electron chi connectivity index (χ1n) is 24.1. The van der Waals surface area contributed by atoms with Crippen molar-refractivity contribution >= 4 is 114 Å². The van der Waals surface area contributed by atoms with Crippen molar-refractivity contribution in [2.45, 2.75) is 0 Å². The number of para-hydroxylation sites is 6. The molecule has 5 heteroatoms. The quantitative estimate of drug-likeness (QED) is 0.160. The molecule has 0 aliphatic rings. The van der Waals surface area contributed by atoms with Crippen molar-refractivity contribution in [3.05, 3.63) is 243 Å². The molecule has 15 aromatic rings. The second-order valence-corrected chi connectivity index (χ2v) is 19.4. The zero-order chi connectivity index (χ0) is 46.6. The number of hydrogen-bond donors (Lipinski definition) is 0. The van der Waals surface area contributed by atoms with Gasteiger partial charge in [0.1, 0.15) is 22.3 Å². The SMILES string of the molecule is c1ccc(-n2c3ccccc3c3ccccc32)c(-c2ccc(N(c3ccc(-c4cccc5c4oc4ccccc45)cc3)c3ccc(-c4cccc5sc6ccccc6c45)cc3)c3c2oc2ccccc23)c1. The molecule has 0 N–H and O–H groups in total. The number of anilines is 3. The van der Waals surface area contributed by atoms with Gasteiger partial charge in [-0.2, -0.15) is 0 Å². The topological polar surface area (TPSA) is 34.5 Å². The van der Waals surface area contributed by atoms with Gasteiger partial charge in [-0.05, 0) is 95.6 Å². The molecule has 0 aliphatic carbocycles. The Hall–Kier alpha value is -9.16. The van der Waals surface area contributed by atoms with E-state index in [4.69, 9.17) is 8.83 Å². The van der Waals surface area contributed by atoms with Crippen LogP contribution in [-0.2, 0) is 0 Å². The average molecular weight is 925 g/mol. The predicted octanol–water partition coefficient (Wildman–Crippen LogP) is 19.4. The monoisotopic (exact) mass is 924 g/mol. The first-order valence-corrected chi connectivity index (χ1v) is 24.9. The highest BCUT2D eigenvalue weighted by Gasteiger charge is 2.25. The fraction of sp³-hybridized carbons (Fsp3) is 0. The number of furan rings is 2. The summed E-state index contributed by atoms with van der Waals surface area (Å²) in [7, 11) is 0. The molecule has 4 heterocycles. The van der Waals surface area contributed by atoms with Gasteiger partial charge in [0.15, 0.2) is 0 Å². The third kappa shape index (κ3) is 6.10. The maximum absolute atomic E-state index is 7.09. The number of aromatic nitrogens is 1. The van der Waals surface area contributed by atoms with Crippen molar-refractivity contribution in [1.82, 2.24) is 4.57 Å². The van der Waals surface area contributed by atoms with E-state index in [0.717, 1.165) is 99.9 Å². The number of thiophene rings is 1. The van der Waals surface area contributed by atoms with E-state index in [1.807, 2.05) is 23.5 Å². The molecule has 0 unspecified atom stereocenters. The first-order chi connectivity index (χ1) is 35.2. The number of benzene rings is 11. The minimum atomic E-state index is 0.836. The summed E-state index contributed by atoms with van der Waals surface area (Å²) in [4.78, 5) is 2.39. The molecular weight excluding hydrogens is 885 g/mol. The summed E-state index contributed by atoms with van der Waals surface area (Å²) in [5.74, 6) is 0. The number of hydrogen-bond acceptors (Lipinski definition) is 4. The van der Waals surface area contributed by atoms with Crippen LogP contribution >= 0.6 is 11.3 Å². The Morgan fingerprint density at radius 1 is 0.324 bits per heavy atom. The van der Waals surface area contributed by atoms with Crippen LogP contribution in [0.5, 0.6) is 0 Å². The molecule has 11 aromatic carbocycles. The minimum absolute atomic E-state index is 0.836. The lowest BCUT2D eigenvalue weighted by atomic mass is 9.97. The fourth-order valence-electron chi connectivity index (χ4n) is 11.3. The average Bonchev–Trinajstić information content (AvgIpc) is 4.21. The normalized spacial score (nSPS) is 11.9. The number of fused-ring (bicyclic) bond motifs is 12. The highest BCUT2D eigenvalue weighted by Crippen LogP contribution is 2.49. The fourth-order valence-corrected chi connectivity index (χ4v) is 12.4. The van der Waals surface area contributed by atoms with E-state index < -0.39 is 0 Å². The van der Waals surface area contributed by atoms with E-state index in [1.54, 1.807) is 0 Å². The summed E-state index contributed by atoms with van der Waals surface area (Å²) in [6.45, 7) is 0. The van der Waals surface area contributed by atoms with Crippen molar-refractivity contribution in [1.29, 1.82) is 0 Å². The van der Waals surface area contributed by atoms with Crippen molar-refractivity contribution < 1.29 is 8.83 Å². The van der Waals surface area contributed by atoms with Gasteiger partial charge in [0.2, 0.25) is 0 Å².